The van der Waals surface area contributed by atoms with Crippen molar-refractivity contribution in [3.05, 3.63) is 42.5 Å². The summed E-state index contributed by atoms with van der Waals surface area (Å²) in [6, 6.07) is 12.0. The molecule has 0 bridgehead atoms. The van der Waals surface area contributed by atoms with Gasteiger partial charge >= 0.3 is 11.9 Å². The highest BCUT2D eigenvalue weighted by Crippen LogP contribution is 2.37. The predicted octanol–water partition coefficient (Wildman–Crippen LogP) is 3.96. The molecule has 0 aliphatic rings. The summed E-state index contributed by atoms with van der Waals surface area (Å²) in [6.45, 7) is 2.67. The van der Waals surface area contributed by atoms with Crippen molar-refractivity contribution in [2.45, 2.75) is 13.8 Å². The van der Waals surface area contributed by atoms with Gasteiger partial charge in [-0.05, 0) is 30.3 Å². The highest BCUT2D eigenvalue weighted by Gasteiger charge is 2.14. The Balaban J connectivity index is 2.00. The molecule has 0 radical (unpaired) electrons. The minimum atomic E-state index is -0.406. The summed E-state index contributed by atoms with van der Waals surface area (Å²) < 4.78 is 21.4. The maximum atomic E-state index is 11.1. The van der Waals surface area contributed by atoms with Crippen LogP contribution < -0.4 is 14.2 Å². The third kappa shape index (κ3) is 3.63. The minimum absolute atomic E-state index is 0.390. The molecular formula is C19H16O6. The van der Waals surface area contributed by atoms with Crippen LogP contribution in [0.5, 0.6) is 17.2 Å². The summed E-state index contributed by atoms with van der Waals surface area (Å²) in [5.41, 5.74) is 1.29. The predicted molar refractivity (Wildman–Crippen MR) is 90.8 cm³/mol. The molecule has 128 valence electrons. The minimum Gasteiger partial charge on any atom is -0.496 e. The van der Waals surface area contributed by atoms with Crippen molar-refractivity contribution < 1.29 is 28.2 Å². The molecule has 0 aliphatic carbocycles. The smallest absolute Gasteiger partial charge is 0.308 e. The lowest BCUT2D eigenvalue weighted by Gasteiger charge is -2.08. The first-order valence-electron chi connectivity index (χ1n) is 7.55. The number of methoxy groups -OCH3 is 1. The second-order valence-corrected chi connectivity index (χ2v) is 5.36. The average molecular weight is 340 g/mol. The van der Waals surface area contributed by atoms with Crippen LogP contribution in [0.3, 0.4) is 0 Å². The van der Waals surface area contributed by atoms with Gasteiger partial charge in [-0.3, -0.25) is 9.59 Å². The lowest BCUT2D eigenvalue weighted by molar-refractivity contribution is -0.132. The molecule has 25 heavy (non-hydrogen) atoms. The Morgan fingerprint density at radius 3 is 2.16 bits per heavy atom. The second kappa shape index (κ2) is 6.68. The van der Waals surface area contributed by atoms with Crippen LogP contribution >= 0.6 is 0 Å². The van der Waals surface area contributed by atoms with Gasteiger partial charge in [-0.25, -0.2) is 0 Å². The van der Waals surface area contributed by atoms with E-state index in [4.69, 9.17) is 18.6 Å². The van der Waals surface area contributed by atoms with Gasteiger partial charge in [0.05, 0.1) is 12.7 Å². The standard InChI is InChI=1S/C19H16O6/c1-11(20)23-14-5-4-13-8-19(25-17(13)9-14)16-7-6-15(24-12(2)21)10-18(16)22-3/h4-10H,1-3H3. The van der Waals surface area contributed by atoms with E-state index in [1.165, 1.54) is 21.0 Å². The zero-order valence-electron chi connectivity index (χ0n) is 14.0. The number of hydrogen-bond donors (Lipinski definition) is 0. The summed E-state index contributed by atoms with van der Waals surface area (Å²) in [4.78, 5) is 22.1. The molecule has 3 aromatic rings. The van der Waals surface area contributed by atoms with Gasteiger partial charge in [0.15, 0.2) is 0 Å². The molecule has 2 aromatic carbocycles. The van der Waals surface area contributed by atoms with Crippen LogP contribution in [0.1, 0.15) is 13.8 Å². The molecule has 0 saturated carbocycles. The van der Waals surface area contributed by atoms with Gasteiger partial charge in [-0.1, -0.05) is 0 Å². The Morgan fingerprint density at radius 2 is 1.52 bits per heavy atom. The first kappa shape index (κ1) is 16.6. The van der Waals surface area contributed by atoms with Crippen LogP contribution in [-0.4, -0.2) is 19.0 Å². The lowest BCUT2D eigenvalue weighted by atomic mass is 10.1. The average Bonchev–Trinajstić information content (AvgIpc) is 2.96. The molecule has 3 rings (SSSR count). The number of carbonyl (C=O) groups excluding carboxylic acids is 2. The fourth-order valence-corrected chi connectivity index (χ4v) is 2.48. The Kier molecular flexibility index (Phi) is 4.43. The van der Waals surface area contributed by atoms with Gasteiger partial charge in [0, 0.05) is 31.4 Å². The van der Waals surface area contributed by atoms with E-state index < -0.39 is 11.9 Å². The van der Waals surface area contributed by atoms with Crippen molar-refractivity contribution >= 4 is 22.9 Å². The Bertz CT molecular complexity index is 954. The Morgan fingerprint density at radius 1 is 0.880 bits per heavy atom. The third-order valence-corrected chi connectivity index (χ3v) is 3.45. The lowest BCUT2D eigenvalue weighted by Crippen LogP contribution is -2.01. The highest BCUT2D eigenvalue weighted by atomic mass is 16.5. The largest absolute Gasteiger partial charge is 0.496 e. The van der Waals surface area contributed by atoms with E-state index in [2.05, 4.69) is 0 Å². The number of hydrogen-bond acceptors (Lipinski definition) is 6. The van der Waals surface area contributed by atoms with Gasteiger partial charge in [-0.2, -0.15) is 0 Å². The SMILES string of the molecule is COc1cc(OC(C)=O)ccc1-c1cc2ccc(OC(C)=O)cc2o1. The van der Waals surface area contributed by atoms with Crippen molar-refractivity contribution in [3.63, 3.8) is 0 Å². The maximum absolute atomic E-state index is 11.1. The van der Waals surface area contributed by atoms with Crippen molar-refractivity contribution in [3.8, 4) is 28.6 Å². The van der Waals surface area contributed by atoms with Crippen LogP contribution in [0.25, 0.3) is 22.3 Å². The highest BCUT2D eigenvalue weighted by molar-refractivity contribution is 5.86. The first-order valence-corrected chi connectivity index (χ1v) is 7.55. The normalized spacial score (nSPS) is 10.5. The topological polar surface area (TPSA) is 75.0 Å². The van der Waals surface area contributed by atoms with E-state index in [1.54, 1.807) is 36.4 Å². The number of benzene rings is 2. The zero-order chi connectivity index (χ0) is 18.0. The number of ether oxygens (including phenoxy) is 3. The second-order valence-electron chi connectivity index (χ2n) is 5.36. The van der Waals surface area contributed by atoms with Crippen molar-refractivity contribution in [1.29, 1.82) is 0 Å². The molecule has 1 heterocycles. The van der Waals surface area contributed by atoms with Gasteiger partial charge in [-0.15, -0.1) is 0 Å². The fourth-order valence-electron chi connectivity index (χ4n) is 2.48. The van der Waals surface area contributed by atoms with Crippen LogP contribution in [0.15, 0.2) is 46.9 Å². The Labute approximate surface area is 143 Å². The van der Waals surface area contributed by atoms with Crippen molar-refractivity contribution in [2.75, 3.05) is 7.11 Å². The molecule has 1 aromatic heterocycles. The van der Waals surface area contributed by atoms with Crippen LogP contribution in [0, 0.1) is 0 Å². The van der Waals surface area contributed by atoms with Gasteiger partial charge in [0.1, 0.15) is 28.6 Å². The monoisotopic (exact) mass is 340 g/mol. The maximum Gasteiger partial charge on any atom is 0.308 e. The van der Waals surface area contributed by atoms with Crippen LogP contribution in [0.2, 0.25) is 0 Å². The summed E-state index contributed by atoms with van der Waals surface area (Å²) in [5, 5.41) is 0.858. The molecule has 0 unspecified atom stereocenters. The van der Waals surface area contributed by atoms with Gasteiger partial charge in [0.25, 0.3) is 0 Å². The van der Waals surface area contributed by atoms with E-state index >= 15 is 0 Å². The molecule has 0 amide bonds. The zero-order valence-corrected chi connectivity index (χ0v) is 14.0. The van der Waals surface area contributed by atoms with Gasteiger partial charge in [0.2, 0.25) is 0 Å². The molecule has 6 nitrogen and oxygen atoms in total. The van der Waals surface area contributed by atoms with E-state index in [0.29, 0.717) is 34.2 Å². The van der Waals surface area contributed by atoms with Crippen LogP contribution in [0.4, 0.5) is 0 Å². The molecule has 0 saturated heterocycles. The van der Waals surface area contributed by atoms with E-state index in [-0.39, 0.29) is 0 Å². The van der Waals surface area contributed by atoms with E-state index in [1.807, 2.05) is 6.07 Å². The molecule has 6 heteroatoms. The Hall–Kier alpha value is -3.28. The molecule has 0 fully saturated rings. The van der Waals surface area contributed by atoms with Crippen molar-refractivity contribution in [1.82, 2.24) is 0 Å². The van der Waals surface area contributed by atoms with E-state index in [9.17, 15) is 9.59 Å². The molecular weight excluding hydrogens is 324 g/mol. The fraction of sp³-hybridized carbons (Fsp3) is 0.158. The van der Waals surface area contributed by atoms with E-state index in [0.717, 1.165) is 5.39 Å². The molecule has 0 N–H and O–H groups in total. The first-order chi connectivity index (χ1) is 12.0. The summed E-state index contributed by atoms with van der Waals surface area (Å²) in [6.07, 6.45) is 0. The quantitative estimate of drug-likeness (QED) is 0.529. The summed E-state index contributed by atoms with van der Waals surface area (Å²) in [5.74, 6) is 1.10. The molecule has 0 atom stereocenters. The van der Waals surface area contributed by atoms with Crippen molar-refractivity contribution in [2.24, 2.45) is 0 Å². The number of esters is 2. The summed E-state index contributed by atoms with van der Waals surface area (Å²) >= 11 is 0. The van der Waals surface area contributed by atoms with Gasteiger partial charge < -0.3 is 18.6 Å². The molecule has 0 spiro atoms. The molecule has 0 aliphatic heterocycles. The number of carbonyl (C=O) groups is 2. The number of furan rings is 1. The summed E-state index contributed by atoms with van der Waals surface area (Å²) in [7, 11) is 1.53. The number of fused-ring (bicyclic) bond motifs is 1. The van der Waals surface area contributed by atoms with Crippen LogP contribution in [-0.2, 0) is 9.59 Å². The third-order valence-electron chi connectivity index (χ3n) is 3.45. The number of rotatable bonds is 4.